The molecule has 34 heavy (non-hydrogen) atoms. The van der Waals surface area contributed by atoms with Gasteiger partial charge in [0.1, 0.15) is 6.61 Å². The predicted octanol–water partition coefficient (Wildman–Crippen LogP) is 6.94. The zero-order valence-corrected chi connectivity index (χ0v) is 21.3. The second-order valence-corrected chi connectivity index (χ2v) is 8.03. The zero-order chi connectivity index (χ0) is 25.1. The van der Waals surface area contributed by atoms with E-state index in [4.69, 9.17) is 9.47 Å². The SMILES string of the molecule is CC/C=C\C/C=C\C/C=C\C/C=C\C/C=C\CCCC(=O)OC(CO)COC(=O)CCCCC. The Balaban J connectivity index is 3.77. The number of ether oxygens (including phenoxy) is 2. The van der Waals surface area contributed by atoms with Crippen molar-refractivity contribution in [2.75, 3.05) is 13.2 Å². The molecule has 5 heteroatoms. The minimum absolute atomic E-state index is 0.0953. The number of aliphatic hydroxyl groups excluding tert-OH is 1. The van der Waals surface area contributed by atoms with Crippen molar-refractivity contribution in [1.29, 1.82) is 0 Å². The van der Waals surface area contributed by atoms with Crippen molar-refractivity contribution in [3.8, 4) is 0 Å². The van der Waals surface area contributed by atoms with Crippen molar-refractivity contribution >= 4 is 11.9 Å². The fourth-order valence-electron chi connectivity index (χ4n) is 2.88. The lowest BCUT2D eigenvalue weighted by molar-refractivity contribution is -0.161. The van der Waals surface area contributed by atoms with Crippen LogP contribution in [-0.4, -0.2) is 36.4 Å². The Morgan fingerprint density at radius 3 is 1.76 bits per heavy atom. The van der Waals surface area contributed by atoms with Crippen LogP contribution in [0.2, 0.25) is 0 Å². The summed E-state index contributed by atoms with van der Waals surface area (Å²) >= 11 is 0. The van der Waals surface area contributed by atoms with E-state index in [1.165, 1.54) is 0 Å². The second-order valence-electron chi connectivity index (χ2n) is 8.03. The molecule has 0 aromatic carbocycles. The molecule has 0 aromatic heterocycles. The van der Waals surface area contributed by atoms with Crippen LogP contribution < -0.4 is 0 Å². The van der Waals surface area contributed by atoms with Gasteiger partial charge in [0.05, 0.1) is 6.61 Å². The Labute approximate surface area is 207 Å². The number of hydrogen-bond donors (Lipinski definition) is 1. The van der Waals surface area contributed by atoms with Gasteiger partial charge >= 0.3 is 11.9 Å². The van der Waals surface area contributed by atoms with Gasteiger partial charge in [0.15, 0.2) is 6.10 Å². The highest BCUT2D eigenvalue weighted by Crippen LogP contribution is 2.05. The number of allylic oxidation sites excluding steroid dienone is 10. The highest BCUT2D eigenvalue weighted by molar-refractivity contribution is 5.70. The highest BCUT2D eigenvalue weighted by Gasteiger charge is 2.15. The molecule has 0 rings (SSSR count). The van der Waals surface area contributed by atoms with Crippen LogP contribution in [-0.2, 0) is 19.1 Å². The summed E-state index contributed by atoms with van der Waals surface area (Å²) in [7, 11) is 0. The largest absolute Gasteiger partial charge is 0.462 e. The maximum atomic E-state index is 11.9. The van der Waals surface area contributed by atoms with Gasteiger partial charge in [-0.3, -0.25) is 9.59 Å². The molecule has 0 aromatic rings. The van der Waals surface area contributed by atoms with E-state index in [0.717, 1.165) is 57.8 Å². The maximum absolute atomic E-state index is 11.9. The Hall–Kier alpha value is -2.40. The molecule has 0 amide bonds. The molecule has 192 valence electrons. The highest BCUT2D eigenvalue weighted by atomic mass is 16.6. The molecule has 1 unspecified atom stereocenters. The maximum Gasteiger partial charge on any atom is 0.306 e. The average Bonchev–Trinajstić information content (AvgIpc) is 2.83. The van der Waals surface area contributed by atoms with Crippen molar-refractivity contribution < 1.29 is 24.2 Å². The van der Waals surface area contributed by atoms with E-state index in [9.17, 15) is 14.7 Å². The molecular weight excluding hydrogens is 428 g/mol. The van der Waals surface area contributed by atoms with E-state index in [0.29, 0.717) is 12.8 Å². The summed E-state index contributed by atoms with van der Waals surface area (Å²) in [6, 6.07) is 0. The van der Waals surface area contributed by atoms with Gasteiger partial charge in [-0.2, -0.15) is 0 Å². The molecule has 1 atom stereocenters. The first-order chi connectivity index (χ1) is 16.6. The molecular formula is C29H46O5. The van der Waals surface area contributed by atoms with Gasteiger partial charge in [-0.15, -0.1) is 0 Å². The summed E-state index contributed by atoms with van der Waals surface area (Å²) in [6.07, 6.45) is 30.5. The van der Waals surface area contributed by atoms with Crippen LogP contribution in [0.1, 0.15) is 90.9 Å². The Kier molecular flexibility index (Phi) is 23.4. The van der Waals surface area contributed by atoms with E-state index in [-0.39, 0.29) is 31.6 Å². The van der Waals surface area contributed by atoms with Gasteiger partial charge in [0.25, 0.3) is 0 Å². The lowest BCUT2D eigenvalue weighted by Gasteiger charge is -2.15. The molecule has 0 aliphatic carbocycles. The predicted molar refractivity (Wildman–Crippen MR) is 140 cm³/mol. The number of hydrogen-bond acceptors (Lipinski definition) is 5. The summed E-state index contributed by atoms with van der Waals surface area (Å²) in [5.41, 5.74) is 0. The minimum Gasteiger partial charge on any atom is -0.462 e. The monoisotopic (exact) mass is 474 g/mol. The number of carbonyl (C=O) groups is 2. The van der Waals surface area contributed by atoms with E-state index < -0.39 is 6.10 Å². The summed E-state index contributed by atoms with van der Waals surface area (Å²) in [5, 5.41) is 9.33. The molecule has 0 saturated carbocycles. The molecule has 0 saturated heterocycles. The van der Waals surface area contributed by atoms with Crippen LogP contribution in [0.25, 0.3) is 0 Å². The van der Waals surface area contributed by atoms with E-state index in [2.05, 4.69) is 74.6 Å². The van der Waals surface area contributed by atoms with Crippen molar-refractivity contribution in [2.24, 2.45) is 0 Å². The second kappa shape index (κ2) is 25.2. The third-order valence-corrected chi connectivity index (χ3v) is 4.83. The zero-order valence-electron chi connectivity index (χ0n) is 21.3. The molecule has 0 aliphatic heterocycles. The van der Waals surface area contributed by atoms with E-state index in [1.807, 2.05) is 0 Å². The fourth-order valence-corrected chi connectivity index (χ4v) is 2.88. The first-order valence-corrected chi connectivity index (χ1v) is 12.8. The summed E-state index contributed by atoms with van der Waals surface area (Å²) in [5.74, 6) is -0.699. The van der Waals surface area contributed by atoms with Crippen LogP contribution in [0.15, 0.2) is 60.8 Å². The number of esters is 2. The molecule has 0 radical (unpaired) electrons. The fraction of sp³-hybridized carbons (Fsp3) is 0.586. The molecule has 0 aliphatic rings. The van der Waals surface area contributed by atoms with Crippen molar-refractivity contribution in [3.63, 3.8) is 0 Å². The lowest BCUT2D eigenvalue weighted by atomic mass is 10.2. The smallest absolute Gasteiger partial charge is 0.306 e. The van der Waals surface area contributed by atoms with Crippen molar-refractivity contribution in [2.45, 2.75) is 97.0 Å². The van der Waals surface area contributed by atoms with Gasteiger partial charge in [-0.1, -0.05) is 87.4 Å². The number of unbranched alkanes of at least 4 members (excludes halogenated alkanes) is 3. The molecule has 0 bridgehead atoms. The number of aliphatic hydroxyl groups is 1. The van der Waals surface area contributed by atoms with Gasteiger partial charge in [0, 0.05) is 12.8 Å². The first kappa shape index (κ1) is 31.6. The summed E-state index contributed by atoms with van der Waals surface area (Å²) in [6.45, 7) is 3.75. The molecule has 5 nitrogen and oxygen atoms in total. The number of carbonyl (C=O) groups excluding carboxylic acids is 2. The lowest BCUT2D eigenvalue weighted by Crippen LogP contribution is -2.28. The van der Waals surface area contributed by atoms with Gasteiger partial charge in [-0.25, -0.2) is 0 Å². The van der Waals surface area contributed by atoms with Crippen molar-refractivity contribution in [1.82, 2.24) is 0 Å². The van der Waals surface area contributed by atoms with Gasteiger partial charge in [0.2, 0.25) is 0 Å². The summed E-state index contributed by atoms with van der Waals surface area (Å²) in [4.78, 5) is 23.5. The minimum atomic E-state index is -0.795. The van der Waals surface area contributed by atoms with Crippen LogP contribution in [0.4, 0.5) is 0 Å². The van der Waals surface area contributed by atoms with Crippen LogP contribution in [0, 0.1) is 0 Å². The first-order valence-electron chi connectivity index (χ1n) is 12.8. The third-order valence-electron chi connectivity index (χ3n) is 4.83. The van der Waals surface area contributed by atoms with E-state index >= 15 is 0 Å². The van der Waals surface area contributed by atoms with Crippen LogP contribution in [0.3, 0.4) is 0 Å². The quantitative estimate of drug-likeness (QED) is 0.111. The van der Waals surface area contributed by atoms with Gasteiger partial charge in [-0.05, 0) is 51.4 Å². The standard InChI is InChI=1S/C29H46O5/c1-3-5-7-8-9-10-11-12-13-14-15-16-17-18-19-20-22-24-29(32)34-27(25-30)26-33-28(31)23-21-6-4-2/h5,7,9-10,12-13,15-16,18-19,27,30H,3-4,6,8,11,14,17,20-26H2,1-2H3/b7-5-,10-9-,13-12-,16-15-,19-18-. The molecule has 0 spiro atoms. The Morgan fingerprint density at radius 2 is 1.24 bits per heavy atom. The van der Waals surface area contributed by atoms with Crippen LogP contribution >= 0.6 is 0 Å². The Bertz CT molecular complexity index is 643. The van der Waals surface area contributed by atoms with E-state index in [1.54, 1.807) is 0 Å². The van der Waals surface area contributed by atoms with Crippen molar-refractivity contribution in [3.05, 3.63) is 60.8 Å². The number of rotatable bonds is 21. The topological polar surface area (TPSA) is 72.8 Å². The third kappa shape index (κ3) is 22.8. The normalized spacial score (nSPS) is 13.1. The van der Waals surface area contributed by atoms with Crippen LogP contribution in [0.5, 0.6) is 0 Å². The molecule has 0 fully saturated rings. The summed E-state index contributed by atoms with van der Waals surface area (Å²) < 4.78 is 10.3. The average molecular weight is 475 g/mol. The van der Waals surface area contributed by atoms with Gasteiger partial charge < -0.3 is 14.6 Å². The molecule has 0 heterocycles. The Morgan fingerprint density at radius 1 is 0.706 bits per heavy atom. The molecule has 1 N–H and O–H groups in total.